The summed E-state index contributed by atoms with van der Waals surface area (Å²) in [5, 5.41) is 0. The monoisotopic (exact) mass is 290 g/mol. The third-order valence-corrected chi connectivity index (χ3v) is 3.44. The molecule has 0 aliphatic carbocycles. The molecule has 0 heterocycles. The van der Waals surface area contributed by atoms with Gasteiger partial charge in [-0.15, -0.1) is 11.6 Å². The molecule has 0 N–H and O–H groups in total. The van der Waals surface area contributed by atoms with Crippen LogP contribution in [0.2, 0.25) is 0 Å². The van der Waals surface area contributed by atoms with Crippen LogP contribution in [-0.4, -0.2) is 19.1 Å². The lowest BCUT2D eigenvalue weighted by Crippen LogP contribution is -2.06. The maximum Gasteiger partial charge on any atom is 0.0472 e. The molecule has 0 bridgehead atoms. The SMILES string of the molecule is CCOCCC(CCl)c1ccccc1Br. The molecule has 0 amide bonds. The second-order valence-corrected chi connectivity index (χ2v) is 4.52. The lowest BCUT2D eigenvalue weighted by atomic mass is 9.98. The Morgan fingerprint density at radius 3 is 2.73 bits per heavy atom. The second-order valence-electron chi connectivity index (χ2n) is 3.36. The van der Waals surface area contributed by atoms with Crippen LogP contribution in [0, 0.1) is 0 Å². The molecule has 1 unspecified atom stereocenters. The quantitative estimate of drug-likeness (QED) is 0.564. The van der Waals surface area contributed by atoms with E-state index in [2.05, 4.69) is 28.1 Å². The molecule has 3 heteroatoms. The van der Waals surface area contributed by atoms with Crippen molar-refractivity contribution in [1.29, 1.82) is 0 Å². The molecule has 84 valence electrons. The predicted molar refractivity (Wildman–Crippen MR) is 68.7 cm³/mol. The normalized spacial score (nSPS) is 12.7. The van der Waals surface area contributed by atoms with Gasteiger partial charge in [0, 0.05) is 29.5 Å². The van der Waals surface area contributed by atoms with E-state index in [0.29, 0.717) is 11.8 Å². The first-order valence-corrected chi connectivity index (χ1v) is 6.50. The summed E-state index contributed by atoms with van der Waals surface area (Å²) in [6.07, 6.45) is 0.972. The van der Waals surface area contributed by atoms with Crippen LogP contribution in [0.4, 0.5) is 0 Å². The lowest BCUT2D eigenvalue weighted by molar-refractivity contribution is 0.141. The molecule has 0 radical (unpaired) electrons. The van der Waals surface area contributed by atoms with Gasteiger partial charge in [-0.1, -0.05) is 34.1 Å². The minimum Gasteiger partial charge on any atom is -0.382 e. The maximum atomic E-state index is 5.98. The minimum absolute atomic E-state index is 0.369. The van der Waals surface area contributed by atoms with Gasteiger partial charge >= 0.3 is 0 Å². The first-order chi connectivity index (χ1) is 7.29. The zero-order valence-electron chi connectivity index (χ0n) is 8.88. The summed E-state index contributed by atoms with van der Waals surface area (Å²) < 4.78 is 6.48. The highest BCUT2D eigenvalue weighted by molar-refractivity contribution is 9.10. The molecule has 0 aromatic heterocycles. The summed E-state index contributed by atoms with van der Waals surface area (Å²) in [4.78, 5) is 0. The summed E-state index contributed by atoms with van der Waals surface area (Å²) in [5.74, 6) is 1.00. The summed E-state index contributed by atoms with van der Waals surface area (Å²) in [5.41, 5.74) is 1.27. The fraction of sp³-hybridized carbons (Fsp3) is 0.500. The fourth-order valence-electron chi connectivity index (χ4n) is 1.49. The predicted octanol–water partition coefficient (Wildman–Crippen LogP) is 4.20. The molecular formula is C12H16BrClO. The molecule has 0 saturated heterocycles. The zero-order valence-corrected chi connectivity index (χ0v) is 11.2. The van der Waals surface area contributed by atoms with Crippen LogP contribution < -0.4 is 0 Å². The van der Waals surface area contributed by atoms with Crippen LogP contribution in [0.25, 0.3) is 0 Å². The Morgan fingerprint density at radius 1 is 1.40 bits per heavy atom. The van der Waals surface area contributed by atoms with E-state index >= 15 is 0 Å². The van der Waals surface area contributed by atoms with Crippen molar-refractivity contribution in [3.8, 4) is 0 Å². The fourth-order valence-corrected chi connectivity index (χ4v) is 2.42. The minimum atomic E-state index is 0.369. The van der Waals surface area contributed by atoms with E-state index < -0.39 is 0 Å². The van der Waals surface area contributed by atoms with Crippen molar-refractivity contribution < 1.29 is 4.74 Å². The number of halogens is 2. The Labute approximate surface area is 105 Å². The first kappa shape index (κ1) is 13.0. The van der Waals surface area contributed by atoms with E-state index in [9.17, 15) is 0 Å². The second kappa shape index (κ2) is 7.26. The van der Waals surface area contributed by atoms with Gasteiger partial charge in [0.25, 0.3) is 0 Å². The highest BCUT2D eigenvalue weighted by Crippen LogP contribution is 2.28. The summed E-state index contributed by atoms with van der Waals surface area (Å²) in [6.45, 7) is 3.55. The van der Waals surface area contributed by atoms with E-state index in [-0.39, 0.29) is 0 Å². The van der Waals surface area contributed by atoms with Gasteiger partial charge in [-0.25, -0.2) is 0 Å². The van der Waals surface area contributed by atoms with Crippen molar-refractivity contribution in [2.24, 2.45) is 0 Å². The van der Waals surface area contributed by atoms with E-state index in [0.717, 1.165) is 24.1 Å². The molecule has 0 spiro atoms. The van der Waals surface area contributed by atoms with Gasteiger partial charge in [-0.05, 0) is 25.0 Å². The van der Waals surface area contributed by atoms with Gasteiger partial charge in [0.05, 0.1) is 0 Å². The highest BCUT2D eigenvalue weighted by Gasteiger charge is 2.12. The first-order valence-electron chi connectivity index (χ1n) is 5.17. The van der Waals surface area contributed by atoms with Crippen molar-refractivity contribution in [3.63, 3.8) is 0 Å². The van der Waals surface area contributed by atoms with Crippen LogP contribution in [-0.2, 0) is 4.74 Å². The van der Waals surface area contributed by atoms with E-state index in [4.69, 9.17) is 16.3 Å². The number of hydrogen-bond acceptors (Lipinski definition) is 1. The Balaban J connectivity index is 2.61. The zero-order chi connectivity index (χ0) is 11.1. The van der Waals surface area contributed by atoms with Gasteiger partial charge < -0.3 is 4.74 Å². The van der Waals surface area contributed by atoms with Crippen LogP contribution in [0.5, 0.6) is 0 Å². The molecule has 1 aromatic carbocycles. The van der Waals surface area contributed by atoms with E-state index in [1.165, 1.54) is 5.56 Å². The van der Waals surface area contributed by atoms with Crippen LogP contribution in [0.3, 0.4) is 0 Å². The number of hydrogen-bond donors (Lipinski definition) is 0. The Morgan fingerprint density at radius 2 is 2.13 bits per heavy atom. The average molecular weight is 292 g/mol. The average Bonchev–Trinajstić information content (AvgIpc) is 2.26. The maximum absolute atomic E-state index is 5.98. The van der Waals surface area contributed by atoms with Crippen molar-refractivity contribution >= 4 is 27.5 Å². The van der Waals surface area contributed by atoms with Crippen LogP contribution in [0.1, 0.15) is 24.8 Å². The Bertz CT molecular complexity index is 291. The standard InChI is InChI=1S/C12H16BrClO/c1-2-15-8-7-10(9-14)11-5-3-4-6-12(11)13/h3-6,10H,2,7-9H2,1H3. The molecule has 1 nitrogen and oxygen atoms in total. The smallest absolute Gasteiger partial charge is 0.0472 e. The molecular weight excluding hydrogens is 275 g/mol. The number of alkyl halides is 1. The summed E-state index contributed by atoms with van der Waals surface area (Å²) in [6, 6.07) is 8.22. The van der Waals surface area contributed by atoms with Gasteiger partial charge in [-0.2, -0.15) is 0 Å². The molecule has 1 aromatic rings. The highest BCUT2D eigenvalue weighted by atomic mass is 79.9. The summed E-state index contributed by atoms with van der Waals surface area (Å²) in [7, 11) is 0. The molecule has 0 aliphatic heterocycles. The summed E-state index contributed by atoms with van der Waals surface area (Å²) >= 11 is 9.52. The van der Waals surface area contributed by atoms with Gasteiger partial charge in [0.15, 0.2) is 0 Å². The van der Waals surface area contributed by atoms with Gasteiger partial charge in [0.1, 0.15) is 0 Å². The Hall–Kier alpha value is -0.0500. The molecule has 0 fully saturated rings. The molecule has 0 aliphatic rings. The molecule has 0 saturated carbocycles. The van der Waals surface area contributed by atoms with Crippen molar-refractivity contribution in [2.75, 3.05) is 19.1 Å². The van der Waals surface area contributed by atoms with Crippen molar-refractivity contribution in [3.05, 3.63) is 34.3 Å². The van der Waals surface area contributed by atoms with Gasteiger partial charge in [0.2, 0.25) is 0 Å². The third kappa shape index (κ3) is 4.13. The molecule has 15 heavy (non-hydrogen) atoms. The number of benzene rings is 1. The third-order valence-electron chi connectivity index (χ3n) is 2.35. The van der Waals surface area contributed by atoms with Crippen molar-refractivity contribution in [2.45, 2.75) is 19.3 Å². The molecule has 1 rings (SSSR count). The number of ether oxygens (including phenoxy) is 1. The van der Waals surface area contributed by atoms with Crippen molar-refractivity contribution in [1.82, 2.24) is 0 Å². The number of rotatable bonds is 6. The van der Waals surface area contributed by atoms with E-state index in [1.54, 1.807) is 0 Å². The lowest BCUT2D eigenvalue weighted by Gasteiger charge is -2.15. The van der Waals surface area contributed by atoms with Gasteiger partial charge in [-0.3, -0.25) is 0 Å². The largest absolute Gasteiger partial charge is 0.382 e. The van der Waals surface area contributed by atoms with Crippen LogP contribution >= 0.6 is 27.5 Å². The Kier molecular flexibility index (Phi) is 6.30. The van der Waals surface area contributed by atoms with E-state index in [1.807, 2.05) is 19.1 Å². The van der Waals surface area contributed by atoms with Crippen LogP contribution in [0.15, 0.2) is 28.7 Å². The topological polar surface area (TPSA) is 9.23 Å². The molecule has 1 atom stereocenters.